The van der Waals surface area contributed by atoms with Gasteiger partial charge >= 0.3 is 0 Å². The minimum atomic E-state index is 0.662. The van der Waals surface area contributed by atoms with Crippen molar-refractivity contribution in [3.8, 4) is 0 Å². The molecule has 0 bridgehead atoms. The van der Waals surface area contributed by atoms with Gasteiger partial charge in [0.2, 0.25) is 0 Å². The van der Waals surface area contributed by atoms with Gasteiger partial charge in [-0.05, 0) is 37.5 Å². The summed E-state index contributed by atoms with van der Waals surface area (Å²) in [5, 5.41) is 0. The molecule has 44 valence electrons. The molecule has 0 aliphatic heterocycles. The zero-order valence-electron chi connectivity index (χ0n) is 5.39. The minimum Gasteiger partial charge on any atom is -0.0617 e. The van der Waals surface area contributed by atoms with Crippen LogP contribution in [0.25, 0.3) is 0 Å². The van der Waals surface area contributed by atoms with Crippen molar-refractivity contribution >= 4 is 0 Å². The first kappa shape index (κ1) is 6.34. The monoisotopic (exact) mass is 116 g/mol. The standard InChI is InChI=1S/C9H8/c1-7-5-4-6-8(2)9(7)3/h1,3-6H,2H3. The van der Waals surface area contributed by atoms with Crippen molar-refractivity contribution in [2.45, 2.75) is 6.92 Å². The Bertz CT molecular complexity index is 191. The SMILES string of the molecule is [CH]c1cccc(C)c1[CH]. The third-order valence-corrected chi connectivity index (χ3v) is 1.36. The lowest BCUT2D eigenvalue weighted by atomic mass is 10.1. The predicted octanol–water partition coefficient (Wildman–Crippen LogP) is 2.11. The van der Waals surface area contributed by atoms with Gasteiger partial charge in [0.25, 0.3) is 0 Å². The van der Waals surface area contributed by atoms with E-state index in [1.165, 1.54) is 0 Å². The van der Waals surface area contributed by atoms with Gasteiger partial charge in [0.1, 0.15) is 0 Å². The first-order valence-corrected chi connectivity index (χ1v) is 2.82. The van der Waals surface area contributed by atoms with Crippen molar-refractivity contribution in [3.63, 3.8) is 0 Å². The Morgan fingerprint density at radius 3 is 2.33 bits per heavy atom. The number of hydrogen-bond acceptors (Lipinski definition) is 0. The van der Waals surface area contributed by atoms with Crippen LogP contribution in [0.5, 0.6) is 0 Å². The van der Waals surface area contributed by atoms with E-state index in [9.17, 15) is 0 Å². The molecular formula is C9H8. The highest BCUT2D eigenvalue weighted by Gasteiger charge is 1.92. The summed E-state index contributed by atoms with van der Waals surface area (Å²) in [6.45, 7) is 13.0. The molecule has 0 atom stereocenters. The molecule has 0 aliphatic rings. The van der Waals surface area contributed by atoms with Crippen molar-refractivity contribution in [1.82, 2.24) is 0 Å². The number of hydrogen-bond donors (Lipinski definition) is 0. The lowest BCUT2D eigenvalue weighted by molar-refractivity contribution is 1.39. The molecule has 1 aromatic carbocycles. The lowest BCUT2D eigenvalue weighted by Crippen LogP contribution is -1.82. The van der Waals surface area contributed by atoms with Gasteiger partial charge in [-0.3, -0.25) is 0 Å². The summed E-state index contributed by atoms with van der Waals surface area (Å²) in [5.74, 6) is 0. The van der Waals surface area contributed by atoms with Crippen molar-refractivity contribution in [2.24, 2.45) is 0 Å². The summed E-state index contributed by atoms with van der Waals surface area (Å²) < 4.78 is 0. The van der Waals surface area contributed by atoms with Crippen LogP contribution in [0.3, 0.4) is 0 Å². The van der Waals surface area contributed by atoms with E-state index in [1.807, 2.05) is 19.1 Å². The highest BCUT2D eigenvalue weighted by atomic mass is 14.0. The zero-order chi connectivity index (χ0) is 6.85. The summed E-state index contributed by atoms with van der Waals surface area (Å²) in [6, 6.07) is 5.62. The number of rotatable bonds is 0. The van der Waals surface area contributed by atoms with Crippen LogP contribution >= 0.6 is 0 Å². The molecule has 0 heteroatoms. The third kappa shape index (κ3) is 1.13. The van der Waals surface area contributed by atoms with E-state index in [0.29, 0.717) is 11.1 Å². The molecular weight excluding hydrogens is 108 g/mol. The quantitative estimate of drug-likeness (QED) is 0.487. The lowest BCUT2D eigenvalue weighted by Gasteiger charge is -2.00. The largest absolute Gasteiger partial charge is 0.0617 e. The molecule has 4 radical (unpaired) electrons. The average molecular weight is 116 g/mol. The van der Waals surface area contributed by atoms with Crippen LogP contribution in [0.1, 0.15) is 16.7 Å². The van der Waals surface area contributed by atoms with Crippen LogP contribution in [0, 0.1) is 20.8 Å². The van der Waals surface area contributed by atoms with Gasteiger partial charge < -0.3 is 0 Å². The van der Waals surface area contributed by atoms with E-state index in [4.69, 9.17) is 13.8 Å². The number of benzene rings is 1. The molecule has 0 amide bonds. The summed E-state index contributed by atoms with van der Waals surface area (Å²) in [4.78, 5) is 0. The molecule has 0 nitrogen and oxygen atoms in total. The normalized spacial score (nSPS) is 9.67. The highest BCUT2D eigenvalue weighted by molar-refractivity contribution is 5.37. The van der Waals surface area contributed by atoms with Gasteiger partial charge in [-0.2, -0.15) is 0 Å². The zero-order valence-corrected chi connectivity index (χ0v) is 5.39. The summed E-state index contributed by atoms with van der Waals surface area (Å²) >= 11 is 0. The Kier molecular flexibility index (Phi) is 1.56. The highest BCUT2D eigenvalue weighted by Crippen LogP contribution is 2.09. The van der Waals surface area contributed by atoms with Crippen LogP contribution < -0.4 is 0 Å². The van der Waals surface area contributed by atoms with Crippen molar-refractivity contribution in [1.29, 1.82) is 0 Å². The Labute approximate surface area is 56.5 Å². The van der Waals surface area contributed by atoms with Crippen LogP contribution in [-0.4, -0.2) is 0 Å². The Hall–Kier alpha value is -0.780. The molecule has 0 saturated carbocycles. The smallest absolute Gasteiger partial charge is 0.000617 e. The molecule has 0 spiro atoms. The molecule has 0 unspecified atom stereocenters. The fourth-order valence-electron chi connectivity index (χ4n) is 0.703. The summed E-state index contributed by atoms with van der Waals surface area (Å²) in [6.07, 6.45) is 0. The Morgan fingerprint density at radius 2 is 1.89 bits per heavy atom. The van der Waals surface area contributed by atoms with Crippen LogP contribution in [-0.2, 0) is 0 Å². The van der Waals surface area contributed by atoms with Crippen LogP contribution in [0.15, 0.2) is 18.2 Å². The van der Waals surface area contributed by atoms with E-state index in [-0.39, 0.29) is 0 Å². The molecule has 0 N–H and O–H groups in total. The molecule has 1 aromatic rings. The maximum Gasteiger partial charge on any atom is -0.000617 e. The molecule has 0 saturated heterocycles. The summed E-state index contributed by atoms with van der Waals surface area (Å²) in [5.41, 5.74) is 2.39. The van der Waals surface area contributed by atoms with E-state index in [0.717, 1.165) is 5.56 Å². The van der Waals surface area contributed by atoms with Crippen LogP contribution in [0.4, 0.5) is 0 Å². The maximum absolute atomic E-state index is 5.56. The van der Waals surface area contributed by atoms with Crippen molar-refractivity contribution in [3.05, 3.63) is 48.7 Å². The van der Waals surface area contributed by atoms with Gasteiger partial charge in [-0.15, -0.1) is 0 Å². The predicted molar refractivity (Wildman–Crippen MR) is 38.0 cm³/mol. The fourth-order valence-corrected chi connectivity index (χ4v) is 0.703. The van der Waals surface area contributed by atoms with Crippen molar-refractivity contribution in [2.75, 3.05) is 0 Å². The van der Waals surface area contributed by atoms with Crippen LogP contribution in [0.2, 0.25) is 0 Å². The van der Waals surface area contributed by atoms with Gasteiger partial charge in [0.15, 0.2) is 0 Å². The van der Waals surface area contributed by atoms with E-state index < -0.39 is 0 Å². The van der Waals surface area contributed by atoms with Gasteiger partial charge in [0.05, 0.1) is 0 Å². The Balaban J connectivity index is 3.25. The average Bonchev–Trinajstić information content (AvgIpc) is 1.83. The summed E-state index contributed by atoms with van der Waals surface area (Å²) in [7, 11) is 0. The molecule has 1 rings (SSSR count). The van der Waals surface area contributed by atoms with Gasteiger partial charge in [0, 0.05) is 0 Å². The van der Waals surface area contributed by atoms with E-state index >= 15 is 0 Å². The second-order valence-corrected chi connectivity index (χ2v) is 2.08. The molecule has 0 fully saturated rings. The van der Waals surface area contributed by atoms with Gasteiger partial charge in [-0.25, -0.2) is 0 Å². The van der Waals surface area contributed by atoms with Crippen molar-refractivity contribution < 1.29 is 0 Å². The first-order valence-electron chi connectivity index (χ1n) is 2.82. The molecule has 9 heavy (non-hydrogen) atoms. The Morgan fingerprint density at radius 1 is 1.22 bits per heavy atom. The second-order valence-electron chi connectivity index (χ2n) is 2.08. The molecule has 0 aliphatic carbocycles. The molecule has 0 aromatic heterocycles. The number of aryl methyl sites for hydroxylation is 1. The first-order chi connectivity index (χ1) is 4.22. The minimum absolute atomic E-state index is 0.662. The maximum atomic E-state index is 5.56. The van der Waals surface area contributed by atoms with E-state index in [2.05, 4.69) is 0 Å². The topological polar surface area (TPSA) is 0 Å². The fraction of sp³-hybridized carbons (Fsp3) is 0.111. The third-order valence-electron chi connectivity index (χ3n) is 1.36. The van der Waals surface area contributed by atoms with Gasteiger partial charge in [-0.1, -0.05) is 18.2 Å². The second kappa shape index (κ2) is 2.22. The van der Waals surface area contributed by atoms with E-state index in [1.54, 1.807) is 6.07 Å². The molecule has 0 heterocycles.